The normalized spacial score (nSPS) is 18.5. The van der Waals surface area contributed by atoms with Gasteiger partial charge in [0.15, 0.2) is 15.5 Å². The third-order valence-corrected chi connectivity index (χ3v) is 5.32. The lowest BCUT2D eigenvalue weighted by Gasteiger charge is -2.39. The number of rotatable bonds is 4. The van der Waals surface area contributed by atoms with Crippen LogP contribution in [0.2, 0.25) is 0 Å². The van der Waals surface area contributed by atoms with Crippen molar-refractivity contribution >= 4 is 21.5 Å². The van der Waals surface area contributed by atoms with E-state index in [-0.39, 0.29) is 11.7 Å². The van der Waals surface area contributed by atoms with Gasteiger partial charge in [0, 0.05) is 31.2 Å². The van der Waals surface area contributed by atoms with Gasteiger partial charge in [-0.15, -0.1) is 5.06 Å². The van der Waals surface area contributed by atoms with Gasteiger partial charge in [-0.2, -0.15) is 0 Å². The van der Waals surface area contributed by atoms with Gasteiger partial charge in [0.2, 0.25) is 0 Å². The van der Waals surface area contributed by atoms with Crippen LogP contribution in [-0.4, -0.2) is 61.4 Å². The molecule has 0 bridgehead atoms. The van der Waals surface area contributed by atoms with E-state index in [4.69, 9.17) is 4.84 Å². The molecule has 0 amide bonds. The lowest BCUT2D eigenvalue weighted by atomic mass is 10.2. The van der Waals surface area contributed by atoms with Crippen molar-refractivity contribution in [2.75, 3.05) is 30.8 Å². The van der Waals surface area contributed by atoms with Gasteiger partial charge in [-0.3, -0.25) is 0 Å². The Morgan fingerprint density at radius 1 is 1.19 bits per heavy atom. The summed E-state index contributed by atoms with van der Waals surface area (Å²) in [6, 6.07) is 8.29. The number of anilines is 1. The van der Waals surface area contributed by atoms with Crippen molar-refractivity contribution in [1.82, 2.24) is 15.0 Å². The maximum atomic E-state index is 12.1. The molecule has 1 saturated heterocycles. The highest BCUT2D eigenvalue weighted by Gasteiger charge is 2.27. The monoisotopic (exact) mass is 376 g/mol. The van der Waals surface area contributed by atoms with Gasteiger partial charge in [-0.25, -0.2) is 23.2 Å². The van der Waals surface area contributed by atoms with Gasteiger partial charge in [0.25, 0.3) is 0 Å². The van der Waals surface area contributed by atoms with E-state index in [2.05, 4.69) is 14.9 Å². The molecule has 1 aliphatic rings. The number of nitrogens with zero attached hydrogens (tertiary/aromatic N) is 4. The Balaban J connectivity index is 1.62. The molecule has 2 aromatic rings. The van der Waals surface area contributed by atoms with Crippen molar-refractivity contribution in [1.29, 1.82) is 0 Å². The van der Waals surface area contributed by atoms with Gasteiger partial charge in [0.05, 0.1) is 17.5 Å². The molecule has 8 nitrogen and oxygen atoms in total. The lowest BCUT2D eigenvalue weighted by molar-refractivity contribution is -0.138. The summed E-state index contributed by atoms with van der Waals surface area (Å²) < 4.78 is 23.1. The molecule has 1 atom stereocenters. The van der Waals surface area contributed by atoms with Crippen molar-refractivity contribution in [3.05, 3.63) is 48.5 Å². The van der Waals surface area contributed by atoms with E-state index in [0.717, 1.165) is 5.69 Å². The van der Waals surface area contributed by atoms with Crippen LogP contribution < -0.4 is 4.90 Å². The van der Waals surface area contributed by atoms with Crippen LogP contribution in [0.5, 0.6) is 0 Å². The van der Waals surface area contributed by atoms with Crippen molar-refractivity contribution < 1.29 is 18.0 Å². The molecule has 3 rings (SSSR count). The van der Waals surface area contributed by atoms with Crippen molar-refractivity contribution in [2.24, 2.45) is 0 Å². The number of hydroxylamine groups is 2. The Labute approximate surface area is 152 Å². The second-order valence-electron chi connectivity index (χ2n) is 6.18. The van der Waals surface area contributed by atoms with Crippen LogP contribution in [0.1, 0.15) is 17.4 Å². The number of aromatic nitrogens is 2. The Kier molecular flexibility index (Phi) is 5.19. The summed E-state index contributed by atoms with van der Waals surface area (Å²) in [6.07, 6.45) is 3.98. The summed E-state index contributed by atoms with van der Waals surface area (Å²) in [5.74, 6) is -0.509. The summed E-state index contributed by atoms with van der Waals surface area (Å²) in [4.78, 5) is 27.6. The molecule has 26 heavy (non-hydrogen) atoms. The average molecular weight is 376 g/mol. The minimum Gasteiger partial charge on any atom is -0.368 e. The topological polar surface area (TPSA) is 92.7 Å². The van der Waals surface area contributed by atoms with Crippen LogP contribution in [0, 0.1) is 0 Å². The molecule has 0 N–H and O–H groups in total. The summed E-state index contributed by atoms with van der Waals surface area (Å²) in [5, 5.41) is 1.64. The third kappa shape index (κ3) is 4.17. The maximum absolute atomic E-state index is 12.1. The fourth-order valence-corrected chi connectivity index (χ4v) is 3.41. The van der Waals surface area contributed by atoms with Gasteiger partial charge in [0.1, 0.15) is 6.33 Å². The molecule has 0 radical (unpaired) electrons. The van der Waals surface area contributed by atoms with Gasteiger partial charge < -0.3 is 9.74 Å². The van der Waals surface area contributed by atoms with E-state index < -0.39 is 15.8 Å². The Morgan fingerprint density at radius 2 is 1.92 bits per heavy atom. The second kappa shape index (κ2) is 7.38. The minimum atomic E-state index is -3.20. The van der Waals surface area contributed by atoms with Gasteiger partial charge in [-0.05, 0) is 37.3 Å². The summed E-state index contributed by atoms with van der Waals surface area (Å²) in [7, 11) is -3.20. The predicted octanol–water partition coefficient (Wildman–Crippen LogP) is 1.16. The zero-order chi connectivity index (χ0) is 18.7. The van der Waals surface area contributed by atoms with E-state index in [1.165, 1.54) is 24.8 Å². The summed E-state index contributed by atoms with van der Waals surface area (Å²) in [6.45, 7) is 3.80. The zero-order valence-electron chi connectivity index (χ0n) is 14.6. The summed E-state index contributed by atoms with van der Waals surface area (Å²) in [5.41, 5.74) is 1.15. The van der Waals surface area contributed by atoms with E-state index in [0.29, 0.717) is 24.5 Å². The first kappa shape index (κ1) is 18.3. The van der Waals surface area contributed by atoms with Crippen LogP contribution in [0.4, 0.5) is 5.69 Å². The fourth-order valence-electron chi connectivity index (χ4n) is 2.78. The number of carbonyl (C=O) groups is 1. The third-order valence-electron chi connectivity index (χ3n) is 4.19. The molecule has 1 fully saturated rings. The second-order valence-corrected chi connectivity index (χ2v) is 8.19. The molecule has 1 unspecified atom stereocenters. The number of hydrogen-bond donors (Lipinski definition) is 0. The van der Waals surface area contributed by atoms with Crippen LogP contribution >= 0.6 is 0 Å². The van der Waals surface area contributed by atoms with Crippen LogP contribution in [0.3, 0.4) is 0 Å². The highest BCUT2D eigenvalue weighted by Crippen LogP contribution is 2.22. The highest BCUT2D eigenvalue weighted by atomic mass is 32.2. The number of sulfone groups is 1. The number of carbonyl (C=O) groups excluding carboxylic acids is 1. The van der Waals surface area contributed by atoms with E-state index in [9.17, 15) is 13.2 Å². The number of hydrogen-bond acceptors (Lipinski definition) is 8. The lowest BCUT2D eigenvalue weighted by Crippen LogP contribution is -2.52. The summed E-state index contributed by atoms with van der Waals surface area (Å²) >= 11 is 0. The fraction of sp³-hybridized carbons (Fsp3) is 0.353. The van der Waals surface area contributed by atoms with E-state index in [1.807, 2.05) is 6.92 Å². The Bertz CT molecular complexity index is 871. The molecule has 0 saturated carbocycles. The molecule has 2 heterocycles. The van der Waals surface area contributed by atoms with Crippen LogP contribution in [-0.2, 0) is 14.7 Å². The largest absolute Gasteiger partial charge is 0.375 e. The standard InChI is InChI=1S/C17H20N4O4S/c1-13-11-20(14-3-5-15(6-4-14)26(2,23)24)9-10-21(13)25-17(22)16-7-8-18-12-19-16/h3-8,12-13H,9-11H2,1-2H3. The predicted molar refractivity (Wildman–Crippen MR) is 95.4 cm³/mol. The molecule has 9 heteroatoms. The van der Waals surface area contributed by atoms with Crippen LogP contribution in [0.25, 0.3) is 0 Å². The Hall–Kier alpha value is -2.52. The van der Waals surface area contributed by atoms with Crippen molar-refractivity contribution in [2.45, 2.75) is 17.9 Å². The first-order chi connectivity index (χ1) is 12.3. The molecular weight excluding hydrogens is 356 g/mol. The molecule has 1 aliphatic heterocycles. The SMILES string of the molecule is CC1CN(c2ccc(S(C)(=O)=O)cc2)CCN1OC(=O)c1ccncn1. The van der Waals surface area contributed by atoms with Gasteiger partial charge >= 0.3 is 5.97 Å². The molecular formula is C17H20N4O4S. The number of piperazine rings is 1. The van der Waals surface area contributed by atoms with Gasteiger partial charge in [-0.1, -0.05) is 0 Å². The highest BCUT2D eigenvalue weighted by molar-refractivity contribution is 7.90. The Morgan fingerprint density at radius 3 is 2.50 bits per heavy atom. The average Bonchev–Trinajstić information content (AvgIpc) is 2.63. The van der Waals surface area contributed by atoms with E-state index >= 15 is 0 Å². The van der Waals surface area contributed by atoms with Crippen molar-refractivity contribution in [3.63, 3.8) is 0 Å². The zero-order valence-corrected chi connectivity index (χ0v) is 15.4. The molecule has 1 aromatic carbocycles. The first-order valence-corrected chi connectivity index (χ1v) is 10.0. The molecule has 138 valence electrons. The molecule has 0 spiro atoms. The van der Waals surface area contributed by atoms with Crippen LogP contribution in [0.15, 0.2) is 47.8 Å². The first-order valence-electron chi connectivity index (χ1n) is 8.14. The quantitative estimate of drug-likeness (QED) is 0.785. The smallest absolute Gasteiger partial charge is 0.368 e. The maximum Gasteiger partial charge on any atom is 0.375 e. The van der Waals surface area contributed by atoms with E-state index in [1.54, 1.807) is 29.3 Å². The minimum absolute atomic E-state index is 0.0240. The van der Waals surface area contributed by atoms with Crippen molar-refractivity contribution in [3.8, 4) is 0 Å². The molecule has 1 aromatic heterocycles. The molecule has 0 aliphatic carbocycles. The number of benzene rings is 1.